The van der Waals surface area contributed by atoms with Gasteiger partial charge in [0.15, 0.2) is 0 Å². The number of halogens is 1. The van der Waals surface area contributed by atoms with E-state index in [0.717, 1.165) is 35.2 Å². The van der Waals surface area contributed by atoms with Crippen LogP contribution in [0.15, 0.2) is 24.3 Å². The van der Waals surface area contributed by atoms with Crippen molar-refractivity contribution in [1.82, 2.24) is 9.88 Å². The summed E-state index contributed by atoms with van der Waals surface area (Å²) in [5.74, 6) is 5.79. The Morgan fingerprint density at radius 2 is 2.07 bits per heavy atom. The van der Waals surface area contributed by atoms with Crippen molar-refractivity contribution >= 4 is 45.9 Å². The Morgan fingerprint density at radius 3 is 2.75 bits per heavy atom. The van der Waals surface area contributed by atoms with Crippen LogP contribution in [0.4, 0.5) is 11.5 Å². The molecule has 1 aliphatic heterocycles. The van der Waals surface area contributed by atoms with Crippen LogP contribution in [0.25, 0.3) is 0 Å². The molecule has 2 aromatic rings. The minimum atomic E-state index is -0.337. The van der Waals surface area contributed by atoms with Crippen LogP contribution in [0.3, 0.4) is 0 Å². The van der Waals surface area contributed by atoms with Crippen molar-refractivity contribution < 1.29 is 9.59 Å². The first-order valence-electron chi connectivity index (χ1n) is 9.23. The minimum absolute atomic E-state index is 0.118. The molecule has 4 rings (SSSR count). The number of fused-ring (bicyclic) bond motifs is 1. The maximum atomic E-state index is 13.0. The van der Waals surface area contributed by atoms with Crippen molar-refractivity contribution in [2.75, 3.05) is 11.9 Å². The Morgan fingerprint density at radius 1 is 1.32 bits per heavy atom. The number of hydrogen-bond acceptors (Lipinski definition) is 3. The first kappa shape index (κ1) is 18.9. The fraction of sp³-hybridized carbons (Fsp3) is 0.318. The lowest BCUT2D eigenvalue weighted by atomic mass is 10.0. The average molecular weight is 485 g/mol. The predicted molar refractivity (Wildman–Crippen MR) is 117 cm³/mol. The highest BCUT2D eigenvalue weighted by Crippen LogP contribution is 2.46. The van der Waals surface area contributed by atoms with E-state index < -0.39 is 0 Å². The second-order valence-corrected chi connectivity index (χ2v) is 8.45. The van der Waals surface area contributed by atoms with Crippen LogP contribution in [-0.4, -0.2) is 28.7 Å². The van der Waals surface area contributed by atoms with E-state index >= 15 is 0 Å². The predicted octanol–water partition coefficient (Wildman–Crippen LogP) is 4.15. The molecule has 1 saturated carbocycles. The van der Waals surface area contributed by atoms with Crippen LogP contribution in [0.1, 0.15) is 52.9 Å². The Balaban J connectivity index is 1.89. The monoisotopic (exact) mass is 485 g/mol. The molecular weight excluding hydrogens is 465 g/mol. The standard InChI is InChI=1S/C22H20IN3O2/c1-4-5-20(27)26(18-10-13(2)17(23)11-16(18)14-6-7-14)19-9-8-15-12-25(3)22(28)21(15)24-19/h8-11,14H,6-7,12H2,1-3H3. The van der Waals surface area contributed by atoms with Crippen LogP contribution in [0.2, 0.25) is 0 Å². The Labute approximate surface area is 178 Å². The van der Waals surface area contributed by atoms with Gasteiger partial charge < -0.3 is 4.90 Å². The van der Waals surface area contributed by atoms with Crippen LogP contribution in [-0.2, 0) is 11.3 Å². The number of hydrogen-bond donors (Lipinski definition) is 0. The largest absolute Gasteiger partial charge is 0.336 e. The van der Waals surface area contributed by atoms with Gasteiger partial charge in [0.25, 0.3) is 5.91 Å². The zero-order valence-corrected chi connectivity index (χ0v) is 18.2. The van der Waals surface area contributed by atoms with Crippen molar-refractivity contribution in [3.05, 3.63) is 50.2 Å². The number of rotatable bonds is 3. The fourth-order valence-corrected chi connectivity index (χ4v) is 4.01. The molecule has 0 radical (unpaired) electrons. The maximum absolute atomic E-state index is 13.0. The molecule has 1 aromatic carbocycles. The van der Waals surface area contributed by atoms with Gasteiger partial charge in [-0.15, -0.1) is 0 Å². The van der Waals surface area contributed by atoms with Gasteiger partial charge in [0.2, 0.25) is 0 Å². The Bertz CT molecular complexity index is 1060. The summed E-state index contributed by atoms with van der Waals surface area (Å²) < 4.78 is 1.18. The summed E-state index contributed by atoms with van der Waals surface area (Å²) >= 11 is 2.33. The third-order valence-corrected chi connectivity index (χ3v) is 6.31. The average Bonchev–Trinajstić information content (AvgIpc) is 3.46. The van der Waals surface area contributed by atoms with Gasteiger partial charge in [-0.25, -0.2) is 4.98 Å². The zero-order valence-electron chi connectivity index (χ0n) is 16.0. The molecule has 0 bridgehead atoms. The summed E-state index contributed by atoms with van der Waals surface area (Å²) in [6.45, 7) is 4.22. The van der Waals surface area contributed by atoms with Gasteiger partial charge in [-0.2, -0.15) is 0 Å². The lowest BCUT2D eigenvalue weighted by Gasteiger charge is -2.24. The van der Waals surface area contributed by atoms with E-state index in [-0.39, 0.29) is 11.8 Å². The lowest BCUT2D eigenvalue weighted by Crippen LogP contribution is -2.27. The first-order valence-corrected chi connectivity index (χ1v) is 10.3. The van der Waals surface area contributed by atoms with Crippen LogP contribution < -0.4 is 4.90 Å². The molecule has 1 aromatic heterocycles. The Hall–Kier alpha value is -2.40. The van der Waals surface area contributed by atoms with Gasteiger partial charge in [-0.3, -0.25) is 14.5 Å². The van der Waals surface area contributed by atoms with E-state index in [1.165, 1.54) is 3.57 Å². The molecule has 0 unspecified atom stereocenters. The van der Waals surface area contributed by atoms with Crippen molar-refractivity contribution in [2.24, 2.45) is 0 Å². The maximum Gasteiger partial charge on any atom is 0.308 e. The fourth-order valence-electron chi connectivity index (χ4n) is 3.52. The quantitative estimate of drug-likeness (QED) is 0.485. The molecule has 28 heavy (non-hydrogen) atoms. The number of nitrogens with zero attached hydrogens (tertiary/aromatic N) is 3. The molecule has 2 heterocycles. The Kier molecular flexibility index (Phi) is 4.88. The molecule has 2 amide bonds. The van der Waals surface area contributed by atoms with Crippen LogP contribution in [0, 0.1) is 22.3 Å². The summed E-state index contributed by atoms with van der Waals surface area (Å²) in [7, 11) is 1.75. The summed E-state index contributed by atoms with van der Waals surface area (Å²) in [6.07, 6.45) is 2.24. The number of pyridine rings is 1. The van der Waals surface area contributed by atoms with Crippen molar-refractivity contribution in [2.45, 2.75) is 39.2 Å². The molecule has 1 aliphatic carbocycles. The number of carbonyl (C=O) groups excluding carboxylic acids is 2. The summed E-state index contributed by atoms with van der Waals surface area (Å²) in [4.78, 5) is 33.2. The molecule has 0 spiro atoms. The normalized spacial score (nSPS) is 15.1. The summed E-state index contributed by atoms with van der Waals surface area (Å²) in [5, 5.41) is 0. The number of aryl methyl sites for hydroxylation is 1. The molecule has 5 nitrogen and oxygen atoms in total. The number of aromatic nitrogens is 1. The number of amides is 2. The highest BCUT2D eigenvalue weighted by Gasteiger charge is 2.33. The van der Waals surface area contributed by atoms with Crippen LogP contribution in [0.5, 0.6) is 0 Å². The topological polar surface area (TPSA) is 53.5 Å². The molecule has 1 fully saturated rings. The van der Waals surface area contributed by atoms with Crippen molar-refractivity contribution in [3.63, 3.8) is 0 Å². The van der Waals surface area contributed by atoms with E-state index in [2.05, 4.69) is 45.5 Å². The molecule has 142 valence electrons. The van der Waals surface area contributed by atoms with Crippen molar-refractivity contribution in [1.29, 1.82) is 0 Å². The van der Waals surface area contributed by atoms with E-state index in [4.69, 9.17) is 0 Å². The zero-order chi connectivity index (χ0) is 20.0. The van der Waals surface area contributed by atoms with E-state index in [0.29, 0.717) is 24.0 Å². The summed E-state index contributed by atoms with van der Waals surface area (Å²) in [5.41, 5.74) is 4.36. The second-order valence-electron chi connectivity index (χ2n) is 7.29. The molecule has 6 heteroatoms. The van der Waals surface area contributed by atoms with Gasteiger partial charge in [-0.05, 0) is 90.4 Å². The smallest absolute Gasteiger partial charge is 0.308 e. The van der Waals surface area contributed by atoms with Crippen molar-refractivity contribution in [3.8, 4) is 11.8 Å². The molecular formula is C22H20IN3O2. The van der Waals surface area contributed by atoms with Gasteiger partial charge >= 0.3 is 5.91 Å². The third kappa shape index (κ3) is 3.28. The summed E-state index contributed by atoms with van der Waals surface area (Å²) in [6, 6.07) is 7.89. The van der Waals surface area contributed by atoms with E-state index in [9.17, 15) is 9.59 Å². The first-order chi connectivity index (χ1) is 13.4. The number of carbonyl (C=O) groups is 2. The molecule has 0 N–H and O–H groups in total. The van der Waals surface area contributed by atoms with E-state index in [1.807, 2.05) is 25.1 Å². The van der Waals surface area contributed by atoms with Gasteiger partial charge in [0.1, 0.15) is 11.5 Å². The molecule has 0 saturated heterocycles. The van der Waals surface area contributed by atoms with Gasteiger partial charge in [-0.1, -0.05) is 12.0 Å². The minimum Gasteiger partial charge on any atom is -0.336 e. The second kappa shape index (κ2) is 7.21. The van der Waals surface area contributed by atoms with Crippen LogP contribution >= 0.6 is 22.6 Å². The number of anilines is 2. The highest BCUT2D eigenvalue weighted by molar-refractivity contribution is 14.1. The lowest BCUT2D eigenvalue weighted by molar-refractivity contribution is -0.112. The number of benzene rings is 1. The SMILES string of the molecule is CC#CC(=O)N(c1ccc2c(n1)C(=O)N(C)C2)c1cc(C)c(I)cc1C1CC1. The van der Waals surface area contributed by atoms with E-state index in [1.54, 1.807) is 23.8 Å². The third-order valence-electron chi connectivity index (χ3n) is 5.15. The van der Waals surface area contributed by atoms with Gasteiger partial charge in [0, 0.05) is 22.7 Å². The van der Waals surface area contributed by atoms with Gasteiger partial charge in [0.05, 0.1) is 5.69 Å². The highest BCUT2D eigenvalue weighted by atomic mass is 127. The molecule has 2 aliphatic rings. The molecule has 0 atom stereocenters.